The first kappa shape index (κ1) is 16.2. The van der Waals surface area contributed by atoms with Crippen LogP contribution in [0, 0.1) is 6.92 Å². The molecule has 0 fully saturated rings. The van der Waals surface area contributed by atoms with Gasteiger partial charge in [-0.05, 0) is 43.2 Å². The van der Waals surface area contributed by atoms with E-state index in [2.05, 4.69) is 37.3 Å². The quantitative estimate of drug-likeness (QED) is 0.424. The van der Waals surface area contributed by atoms with Gasteiger partial charge in [0.1, 0.15) is 28.6 Å². The summed E-state index contributed by atoms with van der Waals surface area (Å²) in [5, 5.41) is 1.13. The van der Waals surface area contributed by atoms with Crippen molar-refractivity contribution in [2.45, 2.75) is 32.1 Å². The predicted molar refractivity (Wildman–Crippen MR) is 106 cm³/mol. The summed E-state index contributed by atoms with van der Waals surface area (Å²) < 4.78 is 17.8. The first-order chi connectivity index (χ1) is 13.1. The monoisotopic (exact) mass is 358 g/mol. The second-order valence-corrected chi connectivity index (χ2v) is 7.56. The molecule has 0 bridgehead atoms. The molecule has 1 aliphatic carbocycles. The number of furan rings is 2. The van der Waals surface area contributed by atoms with Gasteiger partial charge in [0.2, 0.25) is 0 Å². The Morgan fingerprint density at radius 2 is 1.78 bits per heavy atom. The minimum Gasteiger partial charge on any atom is -0.497 e. The lowest BCUT2D eigenvalue weighted by atomic mass is 9.73. The van der Waals surface area contributed by atoms with Crippen LogP contribution in [0.5, 0.6) is 5.75 Å². The maximum absolute atomic E-state index is 6.26. The molecule has 2 aromatic heterocycles. The molecule has 0 saturated carbocycles. The fourth-order valence-electron chi connectivity index (χ4n) is 4.39. The fraction of sp³-hybridized carbons (Fsp3) is 0.250. The van der Waals surface area contributed by atoms with Crippen LogP contribution in [-0.2, 0) is 11.8 Å². The molecule has 136 valence electrons. The number of para-hydroxylation sites is 1. The van der Waals surface area contributed by atoms with Crippen molar-refractivity contribution < 1.29 is 13.6 Å². The largest absolute Gasteiger partial charge is 0.497 e. The van der Waals surface area contributed by atoms with Crippen molar-refractivity contribution in [3.8, 4) is 17.1 Å². The topological polar surface area (TPSA) is 35.5 Å². The number of rotatable bonds is 2. The molecular weight excluding hydrogens is 336 g/mol. The van der Waals surface area contributed by atoms with Gasteiger partial charge < -0.3 is 13.6 Å². The van der Waals surface area contributed by atoms with E-state index in [1.165, 1.54) is 11.1 Å². The highest BCUT2D eigenvalue weighted by molar-refractivity contribution is 5.95. The summed E-state index contributed by atoms with van der Waals surface area (Å²) in [5.74, 6) is 3.77. The predicted octanol–water partition coefficient (Wildman–Crippen LogP) is 6.26. The zero-order valence-electron chi connectivity index (χ0n) is 15.8. The standard InChI is InChI=1S/C24H22O3/c1-15-14-19-23(26-15)22-18-6-4-5-7-20(18)27-21(22)12-13-24(19,2)16-8-10-17(25-3)11-9-16/h4-11,14H,12-13H2,1-3H3/t24-/m0/s1. The van der Waals surface area contributed by atoms with Gasteiger partial charge >= 0.3 is 0 Å². The number of aryl methyl sites for hydroxylation is 2. The molecule has 4 aromatic rings. The van der Waals surface area contributed by atoms with Gasteiger partial charge in [0.25, 0.3) is 0 Å². The number of hydrogen-bond donors (Lipinski definition) is 0. The zero-order chi connectivity index (χ0) is 18.6. The van der Waals surface area contributed by atoms with Crippen LogP contribution in [0.1, 0.15) is 36.0 Å². The van der Waals surface area contributed by atoms with E-state index < -0.39 is 0 Å². The second kappa shape index (κ2) is 5.78. The smallest absolute Gasteiger partial charge is 0.142 e. The number of methoxy groups -OCH3 is 1. The highest BCUT2D eigenvalue weighted by Crippen LogP contribution is 2.49. The fourth-order valence-corrected chi connectivity index (χ4v) is 4.39. The summed E-state index contributed by atoms with van der Waals surface area (Å²) in [6, 6.07) is 18.8. The highest BCUT2D eigenvalue weighted by Gasteiger charge is 2.38. The van der Waals surface area contributed by atoms with Crippen LogP contribution in [0.25, 0.3) is 22.3 Å². The Balaban J connectivity index is 1.75. The number of fused-ring (bicyclic) bond motifs is 5. The Hall–Kier alpha value is -2.94. The summed E-state index contributed by atoms with van der Waals surface area (Å²) >= 11 is 0. The number of benzene rings is 2. The van der Waals surface area contributed by atoms with Crippen molar-refractivity contribution in [1.82, 2.24) is 0 Å². The molecule has 2 heterocycles. The molecule has 1 atom stereocenters. The van der Waals surface area contributed by atoms with Crippen LogP contribution < -0.4 is 4.74 Å². The molecule has 0 radical (unpaired) electrons. The Labute approximate surface area is 158 Å². The van der Waals surface area contributed by atoms with Crippen molar-refractivity contribution in [3.63, 3.8) is 0 Å². The van der Waals surface area contributed by atoms with Gasteiger partial charge in [-0.25, -0.2) is 0 Å². The molecular formula is C24H22O3. The lowest BCUT2D eigenvalue weighted by Gasteiger charge is -2.29. The van der Waals surface area contributed by atoms with E-state index in [0.717, 1.165) is 52.4 Å². The van der Waals surface area contributed by atoms with Crippen LogP contribution in [0.4, 0.5) is 0 Å². The van der Waals surface area contributed by atoms with Crippen LogP contribution in [0.3, 0.4) is 0 Å². The maximum atomic E-state index is 6.26. The molecule has 1 aliphatic rings. The molecule has 0 N–H and O–H groups in total. The summed E-state index contributed by atoms with van der Waals surface area (Å²) in [5.41, 5.74) is 4.39. The van der Waals surface area contributed by atoms with Crippen molar-refractivity contribution in [1.29, 1.82) is 0 Å². The summed E-state index contributed by atoms with van der Waals surface area (Å²) in [6.45, 7) is 4.32. The van der Waals surface area contributed by atoms with Crippen molar-refractivity contribution in [2.75, 3.05) is 7.11 Å². The molecule has 0 unspecified atom stereocenters. The minimum atomic E-state index is -0.151. The summed E-state index contributed by atoms with van der Waals surface area (Å²) in [4.78, 5) is 0. The van der Waals surface area contributed by atoms with Gasteiger partial charge in [-0.15, -0.1) is 0 Å². The lowest BCUT2D eigenvalue weighted by Crippen LogP contribution is -2.23. The maximum Gasteiger partial charge on any atom is 0.142 e. The molecule has 5 rings (SSSR count). The first-order valence-electron chi connectivity index (χ1n) is 9.36. The van der Waals surface area contributed by atoms with Gasteiger partial charge in [-0.3, -0.25) is 0 Å². The molecule has 27 heavy (non-hydrogen) atoms. The SMILES string of the molecule is COc1ccc([C@]2(C)CCc3oc4ccccc4c3-c3oc(C)cc32)cc1. The molecule has 0 saturated heterocycles. The van der Waals surface area contributed by atoms with Gasteiger partial charge in [0.15, 0.2) is 0 Å². The minimum absolute atomic E-state index is 0.151. The van der Waals surface area contributed by atoms with Crippen LogP contribution >= 0.6 is 0 Å². The molecule has 3 nitrogen and oxygen atoms in total. The third-order valence-electron chi connectivity index (χ3n) is 5.92. The Kier molecular flexibility index (Phi) is 3.48. The first-order valence-corrected chi connectivity index (χ1v) is 9.36. The number of ether oxygens (including phenoxy) is 1. The van der Waals surface area contributed by atoms with Crippen LogP contribution in [0.15, 0.2) is 63.4 Å². The third-order valence-corrected chi connectivity index (χ3v) is 5.92. The van der Waals surface area contributed by atoms with Crippen LogP contribution in [-0.4, -0.2) is 7.11 Å². The Morgan fingerprint density at radius 1 is 1.00 bits per heavy atom. The summed E-state index contributed by atoms with van der Waals surface area (Å²) in [6.07, 6.45) is 1.83. The summed E-state index contributed by atoms with van der Waals surface area (Å²) in [7, 11) is 1.70. The van der Waals surface area contributed by atoms with Gasteiger partial charge in [0, 0.05) is 22.8 Å². The second-order valence-electron chi connectivity index (χ2n) is 7.56. The van der Waals surface area contributed by atoms with E-state index in [1.807, 2.05) is 31.2 Å². The Bertz CT molecular complexity index is 1130. The van der Waals surface area contributed by atoms with Gasteiger partial charge in [0.05, 0.1) is 12.7 Å². The molecule has 0 amide bonds. The third kappa shape index (κ3) is 2.34. The van der Waals surface area contributed by atoms with E-state index in [0.29, 0.717) is 0 Å². The molecule has 2 aromatic carbocycles. The van der Waals surface area contributed by atoms with E-state index in [-0.39, 0.29) is 5.41 Å². The van der Waals surface area contributed by atoms with E-state index in [4.69, 9.17) is 13.6 Å². The van der Waals surface area contributed by atoms with Gasteiger partial charge in [-0.1, -0.05) is 37.3 Å². The molecule has 3 heteroatoms. The highest BCUT2D eigenvalue weighted by atomic mass is 16.5. The van der Waals surface area contributed by atoms with Crippen molar-refractivity contribution in [2.24, 2.45) is 0 Å². The Morgan fingerprint density at radius 3 is 2.56 bits per heavy atom. The average molecular weight is 358 g/mol. The van der Waals surface area contributed by atoms with E-state index in [9.17, 15) is 0 Å². The van der Waals surface area contributed by atoms with E-state index >= 15 is 0 Å². The zero-order valence-corrected chi connectivity index (χ0v) is 15.8. The van der Waals surface area contributed by atoms with Crippen molar-refractivity contribution >= 4 is 11.0 Å². The molecule has 0 spiro atoms. The van der Waals surface area contributed by atoms with Crippen LogP contribution in [0.2, 0.25) is 0 Å². The van der Waals surface area contributed by atoms with Crippen molar-refractivity contribution in [3.05, 3.63) is 77.2 Å². The number of hydrogen-bond acceptors (Lipinski definition) is 3. The van der Waals surface area contributed by atoms with Gasteiger partial charge in [-0.2, -0.15) is 0 Å². The normalized spacial score (nSPS) is 18.8. The average Bonchev–Trinajstić information content (AvgIpc) is 3.23. The molecule has 0 aliphatic heterocycles. The van der Waals surface area contributed by atoms with E-state index in [1.54, 1.807) is 7.11 Å². The lowest BCUT2D eigenvalue weighted by molar-refractivity contribution is 0.413.